The monoisotopic (exact) mass is 364 g/mol. The first kappa shape index (κ1) is 17.6. The van der Waals surface area contributed by atoms with E-state index in [1.165, 1.54) is 12.1 Å². The maximum atomic E-state index is 13.4. The van der Waals surface area contributed by atoms with E-state index in [9.17, 15) is 31.1 Å². The molecule has 3 nitrogen and oxygen atoms in total. The van der Waals surface area contributed by atoms with Crippen molar-refractivity contribution in [3.8, 4) is 0 Å². The first-order valence-corrected chi connectivity index (χ1v) is 7.64. The van der Waals surface area contributed by atoms with Crippen LogP contribution in [0, 0.1) is 0 Å². The van der Waals surface area contributed by atoms with Gasteiger partial charge in [0.25, 0.3) is 0 Å². The van der Waals surface area contributed by atoms with Crippen molar-refractivity contribution in [2.75, 3.05) is 11.9 Å². The van der Waals surface area contributed by atoms with Crippen molar-refractivity contribution >= 4 is 16.6 Å². The number of benzene rings is 1. The number of aromatic nitrogens is 1. The van der Waals surface area contributed by atoms with Gasteiger partial charge in [-0.3, -0.25) is 4.79 Å². The van der Waals surface area contributed by atoms with Gasteiger partial charge in [0.1, 0.15) is 0 Å². The summed E-state index contributed by atoms with van der Waals surface area (Å²) in [6, 6.07) is 3.40. The Kier molecular flexibility index (Phi) is 4.20. The molecule has 2 aromatic rings. The lowest BCUT2D eigenvalue weighted by atomic mass is 9.90. The Bertz CT molecular complexity index is 853. The van der Waals surface area contributed by atoms with Gasteiger partial charge in [-0.1, -0.05) is 0 Å². The molecule has 1 atom stereocenters. The van der Waals surface area contributed by atoms with Gasteiger partial charge in [0.2, 0.25) is 5.56 Å². The predicted molar refractivity (Wildman–Crippen MR) is 80.7 cm³/mol. The second kappa shape index (κ2) is 5.96. The van der Waals surface area contributed by atoms with Crippen LogP contribution in [-0.4, -0.2) is 17.7 Å². The van der Waals surface area contributed by atoms with E-state index in [0.29, 0.717) is 17.3 Å². The molecule has 1 aliphatic rings. The quantitative estimate of drug-likeness (QED) is 0.770. The minimum atomic E-state index is -4.74. The molecule has 1 aromatic carbocycles. The number of pyridine rings is 1. The topological polar surface area (TPSA) is 44.9 Å². The fourth-order valence-corrected chi connectivity index (χ4v) is 3.32. The van der Waals surface area contributed by atoms with Crippen LogP contribution < -0.4 is 10.9 Å². The summed E-state index contributed by atoms with van der Waals surface area (Å²) in [5.41, 5.74) is -1.12. The molecule has 3 rings (SSSR count). The van der Waals surface area contributed by atoms with Gasteiger partial charge in [0.05, 0.1) is 5.56 Å². The van der Waals surface area contributed by atoms with Crippen LogP contribution in [0.1, 0.15) is 36.3 Å². The molecular weight excluding hydrogens is 350 g/mol. The zero-order valence-electron chi connectivity index (χ0n) is 12.8. The number of rotatable bonds is 3. The van der Waals surface area contributed by atoms with Gasteiger partial charge in [-0.25, -0.2) is 0 Å². The molecule has 0 saturated heterocycles. The highest BCUT2D eigenvalue weighted by Crippen LogP contribution is 2.44. The predicted octanol–water partition coefficient (Wildman–Crippen LogP) is 4.79. The smallest absolute Gasteiger partial charge is 0.384 e. The molecule has 2 heterocycles. The zero-order valence-corrected chi connectivity index (χ0v) is 12.8. The number of H-pyrrole nitrogens is 1. The molecule has 1 aromatic heterocycles. The van der Waals surface area contributed by atoms with Crippen molar-refractivity contribution in [2.24, 2.45) is 0 Å². The summed E-state index contributed by atoms with van der Waals surface area (Å²) in [6.45, 7) is 0.267. The van der Waals surface area contributed by atoms with Gasteiger partial charge in [-0.05, 0) is 30.5 Å². The van der Waals surface area contributed by atoms with Gasteiger partial charge in [0.15, 0.2) is 0 Å². The van der Waals surface area contributed by atoms with E-state index in [0.717, 1.165) is 0 Å². The van der Waals surface area contributed by atoms with E-state index < -0.39 is 35.8 Å². The summed E-state index contributed by atoms with van der Waals surface area (Å²) >= 11 is 0. The number of anilines is 1. The average Bonchev–Trinajstić information content (AvgIpc) is 2.87. The van der Waals surface area contributed by atoms with Gasteiger partial charge in [0, 0.05) is 41.5 Å². The molecule has 2 N–H and O–H groups in total. The molecule has 9 heteroatoms. The summed E-state index contributed by atoms with van der Waals surface area (Å²) in [6.07, 6.45) is -10.1. The molecule has 25 heavy (non-hydrogen) atoms. The molecule has 0 fully saturated rings. The molecule has 136 valence electrons. The second-order valence-corrected chi connectivity index (χ2v) is 6.08. The Balaban J connectivity index is 2.07. The summed E-state index contributed by atoms with van der Waals surface area (Å²) in [4.78, 5) is 13.9. The molecule has 0 aliphatic carbocycles. The van der Waals surface area contributed by atoms with Crippen LogP contribution in [0.2, 0.25) is 0 Å². The molecule has 1 unspecified atom stereocenters. The van der Waals surface area contributed by atoms with E-state index >= 15 is 0 Å². The summed E-state index contributed by atoms with van der Waals surface area (Å²) in [5, 5.41) is 2.80. The number of hydrogen-bond donors (Lipinski definition) is 2. The lowest BCUT2D eigenvalue weighted by molar-refractivity contribution is -0.136. The largest absolute Gasteiger partial charge is 0.417 e. The van der Waals surface area contributed by atoms with Crippen LogP contribution in [0.3, 0.4) is 0 Å². The van der Waals surface area contributed by atoms with Crippen molar-refractivity contribution in [1.82, 2.24) is 4.98 Å². The van der Waals surface area contributed by atoms with Gasteiger partial charge in [-0.2, -0.15) is 26.3 Å². The number of hydrogen-bond acceptors (Lipinski definition) is 2. The zero-order chi connectivity index (χ0) is 18.4. The Morgan fingerprint density at radius 2 is 1.84 bits per heavy atom. The average molecular weight is 364 g/mol. The number of fused-ring (bicyclic) bond motifs is 3. The maximum Gasteiger partial charge on any atom is 0.417 e. The van der Waals surface area contributed by atoms with Crippen LogP contribution in [0.25, 0.3) is 10.9 Å². The third-order valence-electron chi connectivity index (χ3n) is 4.31. The highest BCUT2D eigenvalue weighted by atomic mass is 19.4. The fraction of sp³-hybridized carbons (Fsp3) is 0.438. The SMILES string of the molecule is O=c1cc(C(F)(F)F)c2c3c(ccc2[nH]1)NCC3CCCC(F)(F)F. The van der Waals surface area contributed by atoms with E-state index in [-0.39, 0.29) is 30.3 Å². The summed E-state index contributed by atoms with van der Waals surface area (Å²) < 4.78 is 77.2. The molecular formula is C16H14F6N2O. The molecule has 0 saturated carbocycles. The van der Waals surface area contributed by atoms with Gasteiger partial charge >= 0.3 is 12.4 Å². The van der Waals surface area contributed by atoms with Crippen LogP contribution >= 0.6 is 0 Å². The van der Waals surface area contributed by atoms with Crippen LogP contribution in [0.4, 0.5) is 32.0 Å². The highest BCUT2D eigenvalue weighted by molar-refractivity contribution is 5.92. The van der Waals surface area contributed by atoms with E-state index in [4.69, 9.17) is 0 Å². The molecule has 1 aliphatic heterocycles. The Morgan fingerprint density at radius 3 is 2.48 bits per heavy atom. The first-order valence-electron chi connectivity index (χ1n) is 7.64. The molecule has 0 amide bonds. The van der Waals surface area contributed by atoms with Crippen molar-refractivity contribution in [2.45, 2.75) is 37.5 Å². The Hall–Kier alpha value is -2.19. The minimum absolute atomic E-state index is 0.0306. The number of alkyl halides is 6. The lowest BCUT2D eigenvalue weighted by Gasteiger charge is -2.17. The molecule has 0 spiro atoms. The van der Waals surface area contributed by atoms with Crippen LogP contribution in [0.5, 0.6) is 0 Å². The number of nitrogens with one attached hydrogen (secondary N) is 2. The normalized spacial score (nSPS) is 17.6. The third-order valence-corrected chi connectivity index (χ3v) is 4.31. The lowest BCUT2D eigenvalue weighted by Crippen LogP contribution is -2.15. The van der Waals surface area contributed by atoms with E-state index in [1.54, 1.807) is 0 Å². The van der Waals surface area contributed by atoms with Crippen molar-refractivity contribution in [3.63, 3.8) is 0 Å². The van der Waals surface area contributed by atoms with Crippen LogP contribution in [-0.2, 0) is 6.18 Å². The summed E-state index contributed by atoms with van der Waals surface area (Å²) in [5.74, 6) is -0.479. The van der Waals surface area contributed by atoms with Crippen molar-refractivity contribution in [3.05, 3.63) is 39.7 Å². The standard InChI is InChI=1S/C16H14F6N2O/c17-15(18,19)5-1-2-8-7-23-10-3-4-11-14(13(8)10)9(16(20,21)22)6-12(25)24-11/h3-4,6,8,23H,1-2,5,7H2,(H,24,25). The van der Waals surface area contributed by atoms with Crippen LogP contribution in [0.15, 0.2) is 23.0 Å². The fourth-order valence-electron chi connectivity index (χ4n) is 3.32. The van der Waals surface area contributed by atoms with Gasteiger partial charge < -0.3 is 10.3 Å². The van der Waals surface area contributed by atoms with E-state index in [1.807, 2.05) is 0 Å². The maximum absolute atomic E-state index is 13.4. The van der Waals surface area contributed by atoms with E-state index in [2.05, 4.69) is 10.3 Å². The Labute approximate surface area is 138 Å². The van der Waals surface area contributed by atoms with Crippen molar-refractivity contribution < 1.29 is 26.3 Å². The van der Waals surface area contributed by atoms with Crippen molar-refractivity contribution in [1.29, 1.82) is 0 Å². The Morgan fingerprint density at radius 1 is 1.12 bits per heavy atom. The molecule has 0 radical (unpaired) electrons. The second-order valence-electron chi connectivity index (χ2n) is 6.08. The first-order chi connectivity index (χ1) is 11.6. The molecule has 0 bridgehead atoms. The third kappa shape index (κ3) is 3.59. The van der Waals surface area contributed by atoms with Gasteiger partial charge in [-0.15, -0.1) is 0 Å². The summed E-state index contributed by atoms with van der Waals surface area (Å²) in [7, 11) is 0. The highest BCUT2D eigenvalue weighted by Gasteiger charge is 2.37. The number of aromatic amines is 1. The number of halogens is 6. The minimum Gasteiger partial charge on any atom is -0.384 e.